The molecule has 7 heteroatoms. The number of piperidine rings is 1. The lowest BCUT2D eigenvalue weighted by molar-refractivity contribution is -0.135. The summed E-state index contributed by atoms with van der Waals surface area (Å²) >= 11 is 0. The largest absolute Gasteiger partial charge is 0.370 e. The summed E-state index contributed by atoms with van der Waals surface area (Å²) in [5.41, 5.74) is 1.03. The molecule has 0 N–H and O–H groups in total. The fourth-order valence-corrected chi connectivity index (χ4v) is 4.36. The van der Waals surface area contributed by atoms with Crippen LogP contribution < -0.4 is 0 Å². The number of nitrogens with zero attached hydrogens (tertiary/aromatic N) is 5. The lowest BCUT2D eigenvalue weighted by Crippen LogP contribution is -2.51. The Hall–Kier alpha value is -1.47. The topological polar surface area (TPSA) is 63.5 Å². The molecule has 0 radical (unpaired) electrons. The van der Waals surface area contributed by atoms with E-state index in [9.17, 15) is 4.79 Å². The van der Waals surface area contributed by atoms with Crippen LogP contribution in [-0.2, 0) is 16.1 Å². The van der Waals surface area contributed by atoms with Gasteiger partial charge in [0.1, 0.15) is 0 Å². The zero-order valence-electron chi connectivity index (χ0n) is 14.4. The third kappa shape index (κ3) is 3.07. The lowest BCUT2D eigenvalue weighted by Gasteiger charge is -2.41. The van der Waals surface area contributed by atoms with Crippen LogP contribution in [0.1, 0.15) is 50.3 Å². The molecule has 3 heterocycles. The van der Waals surface area contributed by atoms with Crippen molar-refractivity contribution in [3.63, 3.8) is 0 Å². The lowest BCUT2D eigenvalue weighted by atomic mass is 9.94. The third-order valence-electron chi connectivity index (χ3n) is 5.89. The van der Waals surface area contributed by atoms with Crippen LogP contribution in [0.25, 0.3) is 0 Å². The van der Waals surface area contributed by atoms with E-state index >= 15 is 0 Å². The van der Waals surface area contributed by atoms with E-state index < -0.39 is 0 Å². The van der Waals surface area contributed by atoms with Crippen LogP contribution >= 0.6 is 0 Å². The SMILES string of the molecule is CN(C(=O)CN1CC[C@@H]2OCc3cnnn3[C@H]2C1)C1CCCCC1. The van der Waals surface area contributed by atoms with E-state index in [2.05, 4.69) is 15.2 Å². The van der Waals surface area contributed by atoms with E-state index in [0.29, 0.717) is 19.2 Å². The van der Waals surface area contributed by atoms with E-state index in [0.717, 1.165) is 38.0 Å². The van der Waals surface area contributed by atoms with Gasteiger partial charge in [0.2, 0.25) is 5.91 Å². The zero-order valence-corrected chi connectivity index (χ0v) is 14.4. The van der Waals surface area contributed by atoms with Crippen molar-refractivity contribution in [1.29, 1.82) is 0 Å². The van der Waals surface area contributed by atoms with Crippen molar-refractivity contribution in [2.45, 2.75) is 63.3 Å². The smallest absolute Gasteiger partial charge is 0.236 e. The van der Waals surface area contributed by atoms with Gasteiger partial charge in [-0.25, -0.2) is 4.68 Å². The highest BCUT2D eigenvalue weighted by Gasteiger charge is 2.37. The van der Waals surface area contributed by atoms with Crippen LogP contribution in [0.5, 0.6) is 0 Å². The second kappa shape index (κ2) is 6.80. The summed E-state index contributed by atoms with van der Waals surface area (Å²) in [4.78, 5) is 16.9. The average molecular weight is 333 g/mol. The summed E-state index contributed by atoms with van der Waals surface area (Å²) in [6.07, 6.45) is 9.05. The van der Waals surface area contributed by atoms with Gasteiger partial charge in [0.15, 0.2) is 0 Å². The Morgan fingerprint density at radius 1 is 1.33 bits per heavy atom. The molecule has 4 rings (SSSR count). The third-order valence-corrected chi connectivity index (χ3v) is 5.89. The molecule has 3 aliphatic rings. The number of carbonyl (C=O) groups is 1. The molecule has 1 aliphatic carbocycles. The van der Waals surface area contributed by atoms with Crippen molar-refractivity contribution in [1.82, 2.24) is 24.8 Å². The Balaban J connectivity index is 1.37. The van der Waals surface area contributed by atoms with E-state index in [-0.39, 0.29) is 18.1 Å². The molecule has 24 heavy (non-hydrogen) atoms. The number of rotatable bonds is 3. The molecule has 1 saturated heterocycles. The molecule has 1 aromatic heterocycles. The van der Waals surface area contributed by atoms with Crippen LogP contribution in [0.15, 0.2) is 6.20 Å². The van der Waals surface area contributed by atoms with Crippen molar-refractivity contribution < 1.29 is 9.53 Å². The minimum atomic E-state index is 0.179. The summed E-state index contributed by atoms with van der Waals surface area (Å²) in [7, 11) is 1.98. The minimum absolute atomic E-state index is 0.179. The average Bonchev–Trinajstić information content (AvgIpc) is 3.11. The predicted octanol–water partition coefficient (Wildman–Crippen LogP) is 1.21. The van der Waals surface area contributed by atoms with Crippen molar-refractivity contribution >= 4 is 5.91 Å². The highest BCUT2D eigenvalue weighted by atomic mass is 16.5. The van der Waals surface area contributed by atoms with Crippen molar-refractivity contribution in [3.8, 4) is 0 Å². The quantitative estimate of drug-likeness (QED) is 0.832. The Morgan fingerprint density at radius 2 is 2.17 bits per heavy atom. The van der Waals surface area contributed by atoms with Gasteiger partial charge in [0.25, 0.3) is 0 Å². The van der Waals surface area contributed by atoms with Gasteiger partial charge in [0, 0.05) is 26.2 Å². The van der Waals surface area contributed by atoms with E-state index in [4.69, 9.17) is 4.74 Å². The van der Waals surface area contributed by atoms with Crippen LogP contribution in [0.2, 0.25) is 0 Å². The maximum Gasteiger partial charge on any atom is 0.236 e. The molecular formula is C17H27N5O2. The first-order valence-electron chi connectivity index (χ1n) is 9.21. The molecule has 1 aromatic rings. The number of amides is 1. The fourth-order valence-electron chi connectivity index (χ4n) is 4.36. The second-order valence-electron chi connectivity index (χ2n) is 7.41. The van der Waals surface area contributed by atoms with Crippen LogP contribution in [0.3, 0.4) is 0 Å². The summed E-state index contributed by atoms with van der Waals surface area (Å²) < 4.78 is 7.94. The first-order chi connectivity index (χ1) is 11.7. The maximum absolute atomic E-state index is 12.7. The predicted molar refractivity (Wildman–Crippen MR) is 88.3 cm³/mol. The van der Waals surface area contributed by atoms with Crippen LogP contribution in [0.4, 0.5) is 0 Å². The molecule has 2 atom stereocenters. The molecule has 1 amide bonds. The normalized spacial score (nSPS) is 28.2. The summed E-state index contributed by atoms with van der Waals surface area (Å²) in [5.74, 6) is 0.246. The van der Waals surface area contributed by atoms with E-state index in [1.54, 1.807) is 6.20 Å². The highest BCUT2D eigenvalue weighted by molar-refractivity contribution is 5.78. The second-order valence-corrected chi connectivity index (χ2v) is 7.41. The van der Waals surface area contributed by atoms with Gasteiger partial charge in [0.05, 0.1) is 37.2 Å². The molecule has 1 saturated carbocycles. The maximum atomic E-state index is 12.7. The molecule has 0 unspecified atom stereocenters. The number of hydrogen-bond donors (Lipinski definition) is 0. The van der Waals surface area contributed by atoms with Gasteiger partial charge < -0.3 is 9.64 Å². The van der Waals surface area contributed by atoms with Crippen LogP contribution in [-0.4, -0.2) is 69.5 Å². The molecule has 2 fully saturated rings. The molecular weight excluding hydrogens is 306 g/mol. The van der Waals surface area contributed by atoms with Gasteiger partial charge in [-0.2, -0.15) is 0 Å². The molecule has 0 bridgehead atoms. The Labute approximate surface area is 142 Å². The molecule has 7 nitrogen and oxygen atoms in total. The first-order valence-corrected chi connectivity index (χ1v) is 9.21. The number of likely N-dealkylation sites (N-methyl/N-ethyl adjacent to an activating group) is 1. The minimum Gasteiger partial charge on any atom is -0.370 e. The van der Waals surface area contributed by atoms with E-state index in [1.165, 1.54) is 19.3 Å². The molecule has 0 spiro atoms. The standard InChI is InChI=1S/C17H27N5O2/c1-20(13-5-3-2-4-6-13)17(23)11-21-8-7-16-15(10-21)22-14(12-24-16)9-18-19-22/h9,13,15-16H,2-8,10-12H2,1H3/t15-,16-/m0/s1. The number of ether oxygens (including phenoxy) is 1. The number of carbonyl (C=O) groups excluding carboxylic acids is 1. The van der Waals surface area contributed by atoms with Gasteiger partial charge in [-0.3, -0.25) is 9.69 Å². The fraction of sp³-hybridized carbons (Fsp3) is 0.824. The molecule has 0 aromatic carbocycles. The van der Waals surface area contributed by atoms with Gasteiger partial charge in [-0.05, 0) is 19.3 Å². The molecule has 132 valence electrons. The Bertz CT molecular complexity index is 583. The number of aromatic nitrogens is 3. The monoisotopic (exact) mass is 333 g/mol. The van der Waals surface area contributed by atoms with Crippen LogP contribution in [0, 0.1) is 0 Å². The van der Waals surface area contributed by atoms with Crippen molar-refractivity contribution in [3.05, 3.63) is 11.9 Å². The summed E-state index contributed by atoms with van der Waals surface area (Å²) in [6, 6.07) is 0.613. The van der Waals surface area contributed by atoms with Gasteiger partial charge in [-0.15, -0.1) is 5.10 Å². The summed E-state index contributed by atoms with van der Waals surface area (Å²) in [6.45, 7) is 2.82. The van der Waals surface area contributed by atoms with Crippen molar-refractivity contribution in [2.75, 3.05) is 26.7 Å². The van der Waals surface area contributed by atoms with Gasteiger partial charge in [-0.1, -0.05) is 24.5 Å². The number of likely N-dealkylation sites (tertiary alicyclic amines) is 1. The van der Waals surface area contributed by atoms with E-state index in [1.807, 2.05) is 16.6 Å². The zero-order chi connectivity index (χ0) is 16.5. The van der Waals surface area contributed by atoms with Gasteiger partial charge >= 0.3 is 0 Å². The Morgan fingerprint density at radius 3 is 3.00 bits per heavy atom. The number of fused-ring (bicyclic) bond motifs is 3. The summed E-state index contributed by atoms with van der Waals surface area (Å²) in [5, 5.41) is 8.24. The Kier molecular flexibility index (Phi) is 4.54. The molecule has 2 aliphatic heterocycles. The number of hydrogen-bond acceptors (Lipinski definition) is 5. The first kappa shape index (κ1) is 16.0. The highest BCUT2D eigenvalue weighted by Crippen LogP contribution is 2.30. The van der Waals surface area contributed by atoms with Crippen molar-refractivity contribution in [2.24, 2.45) is 0 Å².